The fourth-order valence-electron chi connectivity index (χ4n) is 5.75. The first-order valence-corrected chi connectivity index (χ1v) is 13.0. The van der Waals surface area contributed by atoms with E-state index in [-0.39, 0.29) is 18.6 Å². The van der Waals surface area contributed by atoms with Crippen LogP contribution in [0.1, 0.15) is 31.7 Å². The van der Waals surface area contributed by atoms with Gasteiger partial charge in [-0.2, -0.15) is 5.26 Å². The summed E-state index contributed by atoms with van der Waals surface area (Å²) in [7, 11) is 0. The van der Waals surface area contributed by atoms with Crippen molar-refractivity contribution in [1.82, 2.24) is 24.9 Å². The highest BCUT2D eigenvalue weighted by Crippen LogP contribution is 2.30. The second-order valence-corrected chi connectivity index (χ2v) is 10.1. The number of nitrogens with zero attached hydrogens (tertiary/aromatic N) is 5. The highest BCUT2D eigenvalue weighted by Gasteiger charge is 2.40. The molecule has 3 atom stereocenters. The zero-order valence-corrected chi connectivity index (χ0v) is 21.1. The van der Waals surface area contributed by atoms with Crippen molar-refractivity contribution in [2.45, 2.75) is 44.3 Å². The number of likely N-dealkylation sites (tertiary alicyclic amines) is 1. The summed E-state index contributed by atoms with van der Waals surface area (Å²) in [6, 6.07) is 9.50. The van der Waals surface area contributed by atoms with Crippen molar-refractivity contribution in [2.24, 2.45) is 0 Å². The molecule has 3 aliphatic rings. The molecule has 36 heavy (non-hydrogen) atoms. The number of nitriles is 1. The fraction of sp³-hybridized carbons (Fsp3) is 0.654. The van der Waals surface area contributed by atoms with Crippen molar-refractivity contribution in [3.05, 3.63) is 29.8 Å². The smallest absolute Gasteiger partial charge is 0.405 e. The molecule has 3 aliphatic heterocycles. The molecule has 0 spiro atoms. The summed E-state index contributed by atoms with van der Waals surface area (Å²) < 4.78 is 5.85. The second kappa shape index (κ2) is 12.4. The molecule has 3 fully saturated rings. The first kappa shape index (κ1) is 26.2. The number of piperazine rings is 2. The summed E-state index contributed by atoms with van der Waals surface area (Å²) in [5, 5.41) is 20.9. The maximum Gasteiger partial charge on any atom is 0.405 e. The Morgan fingerprint density at radius 2 is 1.72 bits per heavy atom. The fourth-order valence-corrected chi connectivity index (χ4v) is 5.75. The quantitative estimate of drug-likeness (QED) is 0.496. The van der Waals surface area contributed by atoms with Crippen molar-refractivity contribution < 1.29 is 19.4 Å². The average molecular weight is 499 g/mol. The van der Waals surface area contributed by atoms with E-state index in [4.69, 9.17) is 10.00 Å². The number of hydrogen-bond donors (Lipinski definition) is 2. The molecule has 4 rings (SSSR count). The van der Waals surface area contributed by atoms with Crippen LogP contribution in [0.3, 0.4) is 0 Å². The van der Waals surface area contributed by atoms with E-state index in [1.54, 1.807) is 31.2 Å². The second-order valence-electron chi connectivity index (χ2n) is 10.1. The Morgan fingerprint density at radius 1 is 1.08 bits per heavy atom. The van der Waals surface area contributed by atoms with Crippen LogP contribution in [0.4, 0.5) is 4.79 Å². The van der Waals surface area contributed by atoms with Gasteiger partial charge in [0, 0.05) is 64.8 Å². The predicted octanol–water partition coefficient (Wildman–Crippen LogP) is 1.28. The first-order chi connectivity index (χ1) is 17.4. The topological polar surface area (TPSA) is 112 Å². The Hall–Kier alpha value is -2.87. The van der Waals surface area contributed by atoms with Gasteiger partial charge in [-0.3, -0.25) is 14.6 Å². The molecule has 196 valence electrons. The van der Waals surface area contributed by atoms with Gasteiger partial charge in [0.1, 0.15) is 12.4 Å². The molecule has 2 amide bonds. The average Bonchev–Trinajstić information content (AvgIpc) is 3.09. The van der Waals surface area contributed by atoms with Gasteiger partial charge in [0.15, 0.2) is 0 Å². The van der Waals surface area contributed by atoms with Crippen LogP contribution >= 0.6 is 0 Å². The van der Waals surface area contributed by atoms with E-state index in [1.807, 2.05) is 4.90 Å². The lowest BCUT2D eigenvalue weighted by molar-refractivity contribution is -0.130. The Labute approximate surface area is 213 Å². The number of benzene rings is 1. The third-order valence-electron chi connectivity index (χ3n) is 7.67. The van der Waals surface area contributed by atoms with E-state index in [2.05, 4.69) is 26.1 Å². The van der Waals surface area contributed by atoms with E-state index in [9.17, 15) is 14.7 Å². The zero-order valence-electron chi connectivity index (χ0n) is 21.1. The van der Waals surface area contributed by atoms with Crippen molar-refractivity contribution in [1.29, 1.82) is 5.26 Å². The Kier molecular flexibility index (Phi) is 9.02. The number of carbonyl (C=O) groups is 2. The van der Waals surface area contributed by atoms with Crippen LogP contribution in [-0.4, -0.2) is 120 Å². The summed E-state index contributed by atoms with van der Waals surface area (Å²) in [5.41, 5.74) is 0.563. The van der Waals surface area contributed by atoms with E-state index >= 15 is 0 Å². The molecule has 2 bridgehead atoms. The van der Waals surface area contributed by atoms with Crippen molar-refractivity contribution >= 4 is 12.0 Å². The Balaban J connectivity index is 1.22. The Morgan fingerprint density at radius 3 is 2.31 bits per heavy atom. The lowest BCUT2D eigenvalue weighted by atomic mass is 10.1. The Bertz CT molecular complexity index is 913. The van der Waals surface area contributed by atoms with E-state index < -0.39 is 6.09 Å². The molecule has 1 aromatic rings. The number of nitrogens with one attached hydrogen (secondary N) is 1. The van der Waals surface area contributed by atoms with Crippen LogP contribution in [0.25, 0.3) is 0 Å². The largest absolute Gasteiger partial charge is 0.491 e. The van der Waals surface area contributed by atoms with E-state index in [0.717, 1.165) is 71.6 Å². The molecule has 0 aromatic heterocycles. The van der Waals surface area contributed by atoms with Gasteiger partial charge < -0.3 is 25.0 Å². The highest BCUT2D eigenvalue weighted by atomic mass is 16.5. The maximum atomic E-state index is 11.5. The molecule has 3 saturated heterocycles. The summed E-state index contributed by atoms with van der Waals surface area (Å²) in [6.45, 7) is 10.3. The first-order valence-electron chi connectivity index (χ1n) is 13.0. The van der Waals surface area contributed by atoms with Crippen molar-refractivity contribution in [3.63, 3.8) is 0 Å². The van der Waals surface area contributed by atoms with Gasteiger partial charge in [0.25, 0.3) is 0 Å². The number of rotatable bonds is 10. The predicted molar refractivity (Wildman–Crippen MR) is 135 cm³/mol. The third kappa shape index (κ3) is 7.09. The van der Waals surface area contributed by atoms with Crippen LogP contribution in [0.15, 0.2) is 24.3 Å². The van der Waals surface area contributed by atoms with E-state index in [0.29, 0.717) is 29.9 Å². The number of hydrogen-bond acceptors (Lipinski definition) is 7. The molecular weight excluding hydrogens is 460 g/mol. The maximum absolute atomic E-state index is 11.5. The van der Waals surface area contributed by atoms with Crippen LogP contribution in [0, 0.1) is 11.3 Å². The lowest BCUT2D eigenvalue weighted by Gasteiger charge is -2.42. The number of ether oxygens (including phenoxy) is 1. The summed E-state index contributed by atoms with van der Waals surface area (Å²) >= 11 is 0. The molecule has 2 N–H and O–H groups in total. The lowest BCUT2D eigenvalue weighted by Crippen LogP contribution is -2.58. The molecule has 10 heteroatoms. The van der Waals surface area contributed by atoms with Crippen LogP contribution in [0.2, 0.25) is 0 Å². The monoisotopic (exact) mass is 498 g/mol. The molecule has 10 nitrogen and oxygen atoms in total. The molecule has 1 aromatic carbocycles. The van der Waals surface area contributed by atoms with Crippen molar-refractivity contribution in [3.8, 4) is 11.8 Å². The van der Waals surface area contributed by atoms with Crippen LogP contribution < -0.4 is 10.1 Å². The zero-order chi connectivity index (χ0) is 25.5. The standard InChI is InChI=1S/C26H38N6O4/c1-20(33)31-13-11-29(12-14-31)9-2-10-30-17-23-5-6-24(18-30)32(23)16-22(28-26(34)35)19-36-25-7-3-21(15-27)4-8-25/h3-4,7-8,22-24,28H,2,5-6,9-14,16-19H2,1H3,(H,34,35)/t22-,23?,24?/m0/s1. The van der Waals surface area contributed by atoms with Gasteiger partial charge in [0.05, 0.1) is 17.7 Å². The minimum atomic E-state index is -1.04. The molecular formula is C26H38N6O4. The number of carboxylic acid groups (broad SMARTS) is 1. The van der Waals surface area contributed by atoms with Gasteiger partial charge in [-0.25, -0.2) is 4.79 Å². The number of fused-ring (bicyclic) bond motifs is 2. The minimum absolute atomic E-state index is 0.171. The van der Waals surface area contributed by atoms with Crippen LogP contribution in [0.5, 0.6) is 5.75 Å². The third-order valence-corrected chi connectivity index (χ3v) is 7.67. The van der Waals surface area contributed by atoms with Gasteiger partial charge in [-0.1, -0.05) is 0 Å². The summed E-state index contributed by atoms with van der Waals surface area (Å²) in [5.74, 6) is 0.797. The number of carbonyl (C=O) groups excluding carboxylic acids is 1. The number of amides is 2. The van der Waals surface area contributed by atoms with Crippen molar-refractivity contribution in [2.75, 3.05) is 65.5 Å². The molecule has 3 heterocycles. The van der Waals surface area contributed by atoms with Gasteiger partial charge >= 0.3 is 6.09 Å². The molecule has 2 unspecified atom stereocenters. The van der Waals surface area contributed by atoms with Gasteiger partial charge in [-0.05, 0) is 56.6 Å². The summed E-state index contributed by atoms with van der Waals surface area (Å²) in [4.78, 5) is 32.4. The summed E-state index contributed by atoms with van der Waals surface area (Å²) in [6.07, 6.45) is 2.37. The minimum Gasteiger partial charge on any atom is -0.491 e. The van der Waals surface area contributed by atoms with Gasteiger partial charge in [0.2, 0.25) is 5.91 Å². The SMILES string of the molecule is CC(=O)N1CCN(CCCN2CC3CCC(C2)N3C[C@@H](COc2ccc(C#N)cc2)NC(=O)O)CC1. The van der Waals surface area contributed by atoms with Crippen LogP contribution in [-0.2, 0) is 4.79 Å². The van der Waals surface area contributed by atoms with E-state index in [1.165, 1.54) is 0 Å². The molecule has 0 saturated carbocycles. The molecule has 0 radical (unpaired) electrons. The normalized spacial score (nSPS) is 23.7. The molecule has 0 aliphatic carbocycles. The van der Waals surface area contributed by atoms with Gasteiger partial charge in [-0.15, -0.1) is 0 Å². The highest BCUT2D eigenvalue weighted by molar-refractivity contribution is 5.73.